The molecule has 0 saturated carbocycles. The number of halogens is 1. The summed E-state index contributed by atoms with van der Waals surface area (Å²) >= 11 is 3.63. The molecule has 1 aromatic rings. The molecular formula is C17H28BrN3. The summed E-state index contributed by atoms with van der Waals surface area (Å²) in [5, 5.41) is 3.37. The zero-order chi connectivity index (χ0) is 15.4. The van der Waals surface area contributed by atoms with Gasteiger partial charge in [0.2, 0.25) is 0 Å². The molecule has 0 spiro atoms. The highest BCUT2D eigenvalue weighted by molar-refractivity contribution is 9.10. The number of hydrogen-bond acceptors (Lipinski definition) is 3. The Hall–Kier alpha value is -0.580. The number of nitrogens with one attached hydrogen (secondary N) is 1. The van der Waals surface area contributed by atoms with E-state index >= 15 is 0 Å². The van der Waals surface area contributed by atoms with Crippen molar-refractivity contribution >= 4 is 21.6 Å². The molecule has 2 atom stereocenters. The van der Waals surface area contributed by atoms with Gasteiger partial charge in [0.15, 0.2) is 0 Å². The minimum Gasteiger partial charge on any atom is -0.370 e. The normalized spacial score (nSPS) is 20.3. The first kappa shape index (κ1) is 16.8. The van der Waals surface area contributed by atoms with Crippen LogP contribution in [-0.2, 0) is 0 Å². The van der Waals surface area contributed by atoms with Gasteiger partial charge >= 0.3 is 0 Å². The monoisotopic (exact) mass is 353 g/mol. The molecule has 118 valence electrons. The van der Waals surface area contributed by atoms with Gasteiger partial charge in [0.05, 0.1) is 0 Å². The van der Waals surface area contributed by atoms with Crippen molar-refractivity contribution < 1.29 is 0 Å². The zero-order valence-electron chi connectivity index (χ0n) is 13.7. The highest BCUT2D eigenvalue weighted by Gasteiger charge is 2.28. The largest absolute Gasteiger partial charge is 0.370 e. The highest BCUT2D eigenvalue weighted by atomic mass is 79.9. The second-order valence-corrected chi connectivity index (χ2v) is 6.74. The van der Waals surface area contributed by atoms with E-state index in [9.17, 15) is 0 Å². The molecule has 2 unspecified atom stereocenters. The van der Waals surface area contributed by atoms with Gasteiger partial charge in [0.25, 0.3) is 0 Å². The second-order valence-electron chi connectivity index (χ2n) is 5.82. The second kappa shape index (κ2) is 7.61. The molecule has 1 saturated heterocycles. The Labute approximate surface area is 137 Å². The third-order valence-corrected chi connectivity index (χ3v) is 5.22. The first-order chi connectivity index (χ1) is 10.1. The fourth-order valence-electron chi connectivity index (χ4n) is 3.31. The van der Waals surface area contributed by atoms with Gasteiger partial charge in [0, 0.05) is 35.3 Å². The van der Waals surface area contributed by atoms with E-state index in [1.54, 1.807) is 0 Å². The van der Waals surface area contributed by atoms with Crippen LogP contribution in [0, 0.1) is 0 Å². The minimum absolute atomic E-state index is 0.376. The van der Waals surface area contributed by atoms with Crippen LogP contribution in [0.1, 0.15) is 38.8 Å². The van der Waals surface area contributed by atoms with E-state index in [0.29, 0.717) is 12.1 Å². The Morgan fingerprint density at radius 2 is 2.10 bits per heavy atom. The van der Waals surface area contributed by atoms with Gasteiger partial charge in [-0.05, 0) is 51.2 Å². The van der Waals surface area contributed by atoms with Gasteiger partial charge < -0.3 is 10.2 Å². The molecular weight excluding hydrogens is 326 g/mol. The lowest BCUT2D eigenvalue weighted by Gasteiger charge is -2.28. The van der Waals surface area contributed by atoms with E-state index in [4.69, 9.17) is 0 Å². The molecule has 4 heteroatoms. The summed E-state index contributed by atoms with van der Waals surface area (Å²) in [4.78, 5) is 5.13. The third kappa shape index (κ3) is 3.79. The molecule has 0 amide bonds. The van der Waals surface area contributed by atoms with Crippen LogP contribution in [0.3, 0.4) is 0 Å². The molecule has 0 radical (unpaired) electrons. The van der Waals surface area contributed by atoms with E-state index in [1.165, 1.54) is 17.7 Å². The van der Waals surface area contributed by atoms with Gasteiger partial charge in [-0.3, -0.25) is 4.90 Å². The molecule has 2 rings (SSSR count). The predicted octanol–water partition coefficient (Wildman–Crippen LogP) is 3.65. The van der Waals surface area contributed by atoms with Crippen LogP contribution in [0.4, 0.5) is 5.69 Å². The number of anilines is 1. The minimum atomic E-state index is 0.376. The highest BCUT2D eigenvalue weighted by Crippen LogP contribution is 2.32. The summed E-state index contributed by atoms with van der Waals surface area (Å²) in [6.07, 6.45) is 1.27. The molecule has 0 aliphatic carbocycles. The molecule has 1 heterocycles. The van der Waals surface area contributed by atoms with E-state index in [2.05, 4.69) is 70.0 Å². The van der Waals surface area contributed by atoms with Gasteiger partial charge in [-0.15, -0.1) is 0 Å². The summed E-state index contributed by atoms with van der Waals surface area (Å²) in [5.74, 6) is 0. The molecule has 21 heavy (non-hydrogen) atoms. The lowest BCUT2D eigenvalue weighted by molar-refractivity contribution is 0.232. The topological polar surface area (TPSA) is 18.5 Å². The number of benzene rings is 1. The van der Waals surface area contributed by atoms with Gasteiger partial charge in [-0.1, -0.05) is 35.8 Å². The zero-order valence-corrected chi connectivity index (χ0v) is 15.3. The van der Waals surface area contributed by atoms with Crippen molar-refractivity contribution in [2.75, 3.05) is 38.1 Å². The Bertz CT molecular complexity index is 459. The van der Waals surface area contributed by atoms with Crippen LogP contribution in [0.25, 0.3) is 0 Å². The van der Waals surface area contributed by atoms with Crippen molar-refractivity contribution in [2.24, 2.45) is 0 Å². The summed E-state index contributed by atoms with van der Waals surface area (Å²) in [6.45, 7) is 11.3. The summed E-state index contributed by atoms with van der Waals surface area (Å²) in [6, 6.07) is 7.72. The summed E-state index contributed by atoms with van der Waals surface area (Å²) in [5.41, 5.74) is 2.77. The van der Waals surface area contributed by atoms with Crippen molar-refractivity contribution in [3.8, 4) is 0 Å². The maximum atomic E-state index is 3.63. The Balaban J connectivity index is 2.21. The number of hydrogen-bond donors (Lipinski definition) is 1. The SMILES string of the molecule is CCN(CC)C1CCN(c2cc(Br)ccc2C(C)NC)C1. The predicted molar refractivity (Wildman–Crippen MR) is 95.2 cm³/mol. The molecule has 1 aliphatic heterocycles. The fourth-order valence-corrected chi connectivity index (χ4v) is 3.66. The van der Waals surface area contributed by atoms with Crippen LogP contribution >= 0.6 is 15.9 Å². The lowest BCUT2D eigenvalue weighted by atomic mass is 10.1. The first-order valence-corrected chi connectivity index (χ1v) is 8.85. The maximum absolute atomic E-state index is 3.63. The van der Waals surface area contributed by atoms with Gasteiger partial charge in [-0.25, -0.2) is 0 Å². The average Bonchev–Trinajstić information content (AvgIpc) is 2.97. The van der Waals surface area contributed by atoms with Crippen molar-refractivity contribution in [1.29, 1.82) is 0 Å². The molecule has 0 aromatic heterocycles. The van der Waals surface area contributed by atoms with E-state index in [1.807, 2.05) is 7.05 Å². The molecule has 3 nitrogen and oxygen atoms in total. The van der Waals surface area contributed by atoms with Gasteiger partial charge in [-0.2, -0.15) is 0 Å². The fraction of sp³-hybridized carbons (Fsp3) is 0.647. The Morgan fingerprint density at radius 1 is 1.38 bits per heavy atom. The van der Waals surface area contributed by atoms with E-state index in [0.717, 1.165) is 30.7 Å². The Morgan fingerprint density at radius 3 is 2.71 bits per heavy atom. The molecule has 0 bridgehead atoms. The third-order valence-electron chi connectivity index (χ3n) is 4.72. The number of nitrogens with zero attached hydrogens (tertiary/aromatic N) is 2. The lowest BCUT2D eigenvalue weighted by Crippen LogP contribution is -2.37. The molecule has 1 aliphatic rings. The summed E-state index contributed by atoms with van der Waals surface area (Å²) < 4.78 is 1.16. The molecule has 1 fully saturated rings. The standard InChI is InChI=1S/C17H28BrN3/c1-5-20(6-2)15-9-10-21(12-15)17-11-14(18)7-8-16(17)13(3)19-4/h7-8,11,13,15,19H,5-6,9-10,12H2,1-4H3. The average molecular weight is 354 g/mol. The van der Waals surface area contributed by atoms with Crippen molar-refractivity contribution in [1.82, 2.24) is 10.2 Å². The first-order valence-electron chi connectivity index (χ1n) is 8.06. The number of rotatable bonds is 6. The van der Waals surface area contributed by atoms with Crippen molar-refractivity contribution in [3.05, 3.63) is 28.2 Å². The van der Waals surface area contributed by atoms with Crippen LogP contribution in [-0.4, -0.2) is 44.2 Å². The maximum Gasteiger partial charge on any atom is 0.0426 e. The van der Waals surface area contributed by atoms with Crippen LogP contribution in [0.5, 0.6) is 0 Å². The van der Waals surface area contributed by atoms with E-state index in [-0.39, 0.29) is 0 Å². The molecule has 1 aromatic carbocycles. The number of likely N-dealkylation sites (N-methyl/N-ethyl adjacent to an activating group) is 1. The van der Waals surface area contributed by atoms with Crippen LogP contribution in [0.15, 0.2) is 22.7 Å². The smallest absolute Gasteiger partial charge is 0.0426 e. The quantitative estimate of drug-likeness (QED) is 0.841. The molecule has 1 N–H and O–H groups in total. The van der Waals surface area contributed by atoms with Crippen LogP contribution < -0.4 is 10.2 Å². The summed E-state index contributed by atoms with van der Waals surface area (Å²) in [7, 11) is 2.03. The van der Waals surface area contributed by atoms with E-state index < -0.39 is 0 Å². The van der Waals surface area contributed by atoms with Crippen LogP contribution in [0.2, 0.25) is 0 Å². The Kier molecular flexibility index (Phi) is 6.08. The van der Waals surface area contributed by atoms with Gasteiger partial charge in [0.1, 0.15) is 0 Å². The van der Waals surface area contributed by atoms with Crippen molar-refractivity contribution in [3.63, 3.8) is 0 Å². The van der Waals surface area contributed by atoms with Crippen molar-refractivity contribution in [2.45, 2.75) is 39.3 Å².